The lowest BCUT2D eigenvalue weighted by Gasteiger charge is -2.26. The average molecular weight is 310 g/mol. The van der Waals surface area contributed by atoms with Gasteiger partial charge in [0.1, 0.15) is 6.10 Å². The van der Waals surface area contributed by atoms with E-state index in [0.29, 0.717) is 0 Å². The van der Waals surface area contributed by atoms with Crippen molar-refractivity contribution in [2.45, 2.75) is 31.0 Å². The number of carbonyl (C=O) groups is 1. The number of hydrogen-bond acceptors (Lipinski definition) is 3. The summed E-state index contributed by atoms with van der Waals surface area (Å²) >= 11 is 0. The third kappa shape index (κ3) is 3.78. The fourth-order valence-corrected chi connectivity index (χ4v) is 3.01. The Kier molecular flexibility index (Phi) is 5.05. The Morgan fingerprint density at radius 3 is 2.22 bits per heavy atom. The summed E-state index contributed by atoms with van der Waals surface area (Å²) in [5, 5.41) is 17.0. The van der Waals surface area contributed by atoms with Crippen molar-refractivity contribution in [3.8, 4) is 0 Å². The van der Waals surface area contributed by atoms with Crippen molar-refractivity contribution in [2.75, 3.05) is 6.54 Å². The van der Waals surface area contributed by atoms with Crippen molar-refractivity contribution in [2.24, 2.45) is 0 Å². The fraction of sp³-hybridized carbons (Fsp3) is 0.316. The molecule has 120 valence electrons. The molecule has 0 spiro atoms. The van der Waals surface area contributed by atoms with Crippen LogP contribution in [0, 0.1) is 0 Å². The zero-order valence-electron chi connectivity index (χ0n) is 13.0. The second kappa shape index (κ2) is 7.40. The number of aliphatic hydroxyl groups is 1. The summed E-state index contributed by atoms with van der Waals surface area (Å²) in [5.74, 6) is -0.0497. The first kappa shape index (κ1) is 15.7. The molecule has 2 aromatic carbocycles. The van der Waals surface area contributed by atoms with Crippen LogP contribution < -0.4 is 10.6 Å². The van der Waals surface area contributed by atoms with Crippen LogP contribution in [0.25, 0.3) is 0 Å². The van der Waals surface area contributed by atoms with Gasteiger partial charge in [-0.25, -0.2) is 0 Å². The van der Waals surface area contributed by atoms with E-state index in [0.717, 1.165) is 30.5 Å². The number of benzene rings is 2. The van der Waals surface area contributed by atoms with Gasteiger partial charge in [-0.2, -0.15) is 0 Å². The van der Waals surface area contributed by atoms with E-state index in [-0.39, 0.29) is 11.9 Å². The SMILES string of the molecule is O=C(NC(c1ccccc1)C(O)c1ccccc1)C1CCCN1. The third-order valence-electron chi connectivity index (χ3n) is 4.29. The van der Waals surface area contributed by atoms with E-state index in [1.54, 1.807) is 0 Å². The average Bonchev–Trinajstić information content (AvgIpc) is 3.15. The van der Waals surface area contributed by atoms with Crippen LogP contribution in [-0.2, 0) is 4.79 Å². The molecule has 4 heteroatoms. The Morgan fingerprint density at radius 1 is 1.04 bits per heavy atom. The first-order valence-corrected chi connectivity index (χ1v) is 8.07. The number of amides is 1. The highest BCUT2D eigenvalue weighted by molar-refractivity contribution is 5.82. The molecule has 0 radical (unpaired) electrons. The summed E-state index contributed by atoms with van der Waals surface area (Å²) in [6.07, 6.45) is 1.06. The van der Waals surface area contributed by atoms with E-state index in [9.17, 15) is 9.90 Å². The van der Waals surface area contributed by atoms with Gasteiger partial charge in [0.15, 0.2) is 0 Å². The van der Waals surface area contributed by atoms with Gasteiger partial charge in [-0.3, -0.25) is 4.79 Å². The first-order valence-electron chi connectivity index (χ1n) is 8.07. The van der Waals surface area contributed by atoms with Crippen LogP contribution in [0.4, 0.5) is 0 Å². The minimum atomic E-state index is -0.788. The van der Waals surface area contributed by atoms with E-state index >= 15 is 0 Å². The lowest BCUT2D eigenvalue weighted by Crippen LogP contribution is -2.43. The highest BCUT2D eigenvalue weighted by Gasteiger charge is 2.29. The van der Waals surface area contributed by atoms with E-state index < -0.39 is 12.1 Å². The Hall–Kier alpha value is -2.17. The Morgan fingerprint density at radius 2 is 1.65 bits per heavy atom. The third-order valence-corrected chi connectivity index (χ3v) is 4.29. The molecule has 4 nitrogen and oxygen atoms in total. The standard InChI is InChI=1S/C19H22N2O2/c22-18(15-10-5-2-6-11-15)17(14-8-3-1-4-9-14)21-19(23)16-12-7-13-20-16/h1-6,8-11,16-18,20,22H,7,12-13H2,(H,21,23). The second-order valence-corrected chi connectivity index (χ2v) is 5.90. The lowest BCUT2D eigenvalue weighted by molar-refractivity contribution is -0.124. The zero-order chi connectivity index (χ0) is 16.1. The molecule has 1 amide bonds. The molecule has 0 bridgehead atoms. The second-order valence-electron chi connectivity index (χ2n) is 5.90. The topological polar surface area (TPSA) is 61.4 Å². The van der Waals surface area contributed by atoms with Crippen molar-refractivity contribution in [3.63, 3.8) is 0 Å². The Balaban J connectivity index is 1.83. The molecule has 3 N–H and O–H groups in total. The van der Waals surface area contributed by atoms with Crippen LogP contribution in [0.15, 0.2) is 60.7 Å². The number of rotatable bonds is 5. The van der Waals surface area contributed by atoms with Gasteiger partial charge >= 0.3 is 0 Å². The number of nitrogens with one attached hydrogen (secondary N) is 2. The van der Waals surface area contributed by atoms with Crippen molar-refractivity contribution < 1.29 is 9.90 Å². The normalized spacial score (nSPS) is 20.0. The molecule has 0 saturated carbocycles. The van der Waals surface area contributed by atoms with Crippen molar-refractivity contribution >= 4 is 5.91 Å². The Bertz CT molecular complexity index is 624. The molecule has 1 aliphatic rings. The van der Waals surface area contributed by atoms with Crippen molar-refractivity contribution in [3.05, 3.63) is 71.8 Å². The van der Waals surface area contributed by atoms with Crippen LogP contribution in [0.5, 0.6) is 0 Å². The van der Waals surface area contributed by atoms with E-state index in [1.807, 2.05) is 60.7 Å². The quantitative estimate of drug-likeness (QED) is 0.794. The molecule has 3 rings (SSSR count). The van der Waals surface area contributed by atoms with Crippen molar-refractivity contribution in [1.29, 1.82) is 0 Å². The van der Waals surface area contributed by atoms with E-state index in [4.69, 9.17) is 0 Å². The van der Waals surface area contributed by atoms with Crippen molar-refractivity contribution in [1.82, 2.24) is 10.6 Å². The molecule has 3 unspecified atom stereocenters. The molecule has 0 aromatic heterocycles. The molecule has 1 aliphatic heterocycles. The van der Waals surface area contributed by atoms with E-state index in [2.05, 4.69) is 10.6 Å². The molecule has 1 heterocycles. The maximum Gasteiger partial charge on any atom is 0.237 e. The predicted octanol–water partition coefficient (Wildman–Crippen LogP) is 2.33. The molecule has 2 aromatic rings. The minimum Gasteiger partial charge on any atom is -0.386 e. The van der Waals surface area contributed by atoms with Gasteiger partial charge in [0, 0.05) is 0 Å². The summed E-state index contributed by atoms with van der Waals surface area (Å²) in [6, 6.07) is 18.4. The zero-order valence-corrected chi connectivity index (χ0v) is 13.0. The number of carbonyl (C=O) groups excluding carboxylic acids is 1. The molecular formula is C19H22N2O2. The van der Waals surface area contributed by atoms with Crippen LogP contribution in [-0.4, -0.2) is 23.6 Å². The summed E-state index contributed by atoms with van der Waals surface area (Å²) in [7, 11) is 0. The summed E-state index contributed by atoms with van der Waals surface area (Å²) in [6.45, 7) is 0.870. The van der Waals surface area contributed by atoms with Crippen LogP contribution in [0.1, 0.15) is 36.1 Å². The largest absolute Gasteiger partial charge is 0.386 e. The molecule has 1 fully saturated rings. The number of aliphatic hydroxyl groups excluding tert-OH is 1. The molecule has 3 atom stereocenters. The van der Waals surface area contributed by atoms with Gasteiger partial charge in [-0.1, -0.05) is 60.7 Å². The van der Waals surface area contributed by atoms with Crippen LogP contribution in [0.2, 0.25) is 0 Å². The first-order chi connectivity index (χ1) is 11.3. The lowest BCUT2D eigenvalue weighted by atomic mass is 9.95. The smallest absolute Gasteiger partial charge is 0.237 e. The maximum absolute atomic E-state index is 12.5. The van der Waals surface area contributed by atoms with Gasteiger partial charge < -0.3 is 15.7 Å². The fourth-order valence-electron chi connectivity index (χ4n) is 3.01. The predicted molar refractivity (Wildman–Crippen MR) is 89.8 cm³/mol. The van der Waals surface area contributed by atoms with Crippen LogP contribution in [0.3, 0.4) is 0 Å². The molecule has 23 heavy (non-hydrogen) atoms. The van der Waals surface area contributed by atoms with Gasteiger partial charge in [0.05, 0.1) is 12.1 Å². The maximum atomic E-state index is 12.5. The molecule has 1 saturated heterocycles. The minimum absolute atomic E-state index is 0.0497. The van der Waals surface area contributed by atoms with E-state index in [1.165, 1.54) is 0 Å². The Labute approximate surface area is 136 Å². The highest BCUT2D eigenvalue weighted by atomic mass is 16.3. The summed E-state index contributed by atoms with van der Waals surface area (Å²) < 4.78 is 0. The van der Waals surface area contributed by atoms with Gasteiger partial charge in [-0.05, 0) is 30.5 Å². The molecular weight excluding hydrogens is 288 g/mol. The summed E-state index contributed by atoms with van der Waals surface area (Å²) in [5.41, 5.74) is 1.69. The van der Waals surface area contributed by atoms with Gasteiger partial charge in [0.25, 0.3) is 0 Å². The van der Waals surface area contributed by atoms with Gasteiger partial charge in [0.2, 0.25) is 5.91 Å². The number of hydrogen-bond donors (Lipinski definition) is 3. The summed E-state index contributed by atoms with van der Waals surface area (Å²) in [4.78, 5) is 12.5. The van der Waals surface area contributed by atoms with Gasteiger partial charge in [-0.15, -0.1) is 0 Å². The van der Waals surface area contributed by atoms with Crippen LogP contribution >= 0.6 is 0 Å². The highest BCUT2D eigenvalue weighted by Crippen LogP contribution is 2.29. The monoisotopic (exact) mass is 310 g/mol. The molecule has 0 aliphatic carbocycles.